The molecule has 2 heterocycles. The van der Waals surface area contributed by atoms with Crippen molar-refractivity contribution in [3.63, 3.8) is 0 Å². The molecule has 7 N–H and O–H groups in total. The highest BCUT2D eigenvalue weighted by molar-refractivity contribution is 7.52. The van der Waals surface area contributed by atoms with E-state index < -0.39 is 7.60 Å². The van der Waals surface area contributed by atoms with Crippen molar-refractivity contribution in [1.82, 2.24) is 15.0 Å². The summed E-state index contributed by atoms with van der Waals surface area (Å²) in [5.74, 6) is 3.56. The Morgan fingerprint density at radius 2 is 2.33 bits per heavy atom. The summed E-state index contributed by atoms with van der Waals surface area (Å²) in [4.78, 5) is 23.1. The minimum Gasteiger partial charge on any atom is -0.396 e. The van der Waals surface area contributed by atoms with Gasteiger partial charge in [0.1, 0.15) is 6.33 Å². The lowest BCUT2D eigenvalue weighted by molar-refractivity contribution is -0.640. The highest BCUT2D eigenvalue weighted by Gasteiger charge is 2.33. The Morgan fingerprint density at radius 1 is 1.57 bits per heavy atom. The Bertz CT molecular complexity index is 583. The maximum atomic E-state index is 11.4. The Balaban J connectivity index is 2.00. The van der Waals surface area contributed by atoms with Gasteiger partial charge in [0.15, 0.2) is 5.82 Å². The van der Waals surface area contributed by atoms with Gasteiger partial charge in [-0.25, -0.2) is 15.8 Å². The third kappa shape index (κ3) is 3.74. The number of quaternary nitrogens is 1. The molecule has 1 aromatic heterocycles. The second-order valence-corrected chi connectivity index (χ2v) is 6.64. The molecule has 0 fully saturated rings. The van der Waals surface area contributed by atoms with Gasteiger partial charge in [0.25, 0.3) is 17.8 Å². The molecule has 0 aliphatic carbocycles. The molecule has 0 aromatic carbocycles. The first-order valence-corrected chi connectivity index (χ1v) is 8.01. The van der Waals surface area contributed by atoms with Crippen molar-refractivity contribution in [1.29, 1.82) is 0 Å². The molecule has 1 radical (unpaired) electrons. The molecule has 1 aromatic rings. The Morgan fingerprint density at radius 3 is 3.00 bits per heavy atom. The first-order valence-electron chi connectivity index (χ1n) is 6.24. The standard InChI is InChI=1S/C10H17N6O4P/c11-9-8-10(14-5-13-9)16(6-15-8)3-7(4-17)1-2-21(18,19)20-12/h5-7,17H,1-4H2,12H3,(H2-,11,13,14,18,19)/q+1/p+1. The van der Waals surface area contributed by atoms with Crippen LogP contribution >= 0.6 is 7.60 Å². The molecule has 1 aliphatic rings. The molecule has 0 saturated carbocycles. The average molecular weight is 317 g/mol. The predicted octanol–water partition coefficient (Wildman–Crippen LogP) is -1.77. The van der Waals surface area contributed by atoms with E-state index >= 15 is 0 Å². The zero-order valence-corrected chi connectivity index (χ0v) is 12.2. The summed E-state index contributed by atoms with van der Waals surface area (Å²) in [7, 11) is -3.68. The summed E-state index contributed by atoms with van der Waals surface area (Å²) in [6.07, 6.45) is 3.11. The van der Waals surface area contributed by atoms with E-state index in [1.54, 1.807) is 11.2 Å². The third-order valence-corrected chi connectivity index (χ3v) is 4.39. The number of rotatable bonds is 7. The van der Waals surface area contributed by atoms with Gasteiger partial charge in [-0.3, -0.25) is 4.57 Å². The summed E-state index contributed by atoms with van der Waals surface area (Å²) in [5.41, 5.74) is 6.19. The van der Waals surface area contributed by atoms with Crippen molar-refractivity contribution in [3.8, 4) is 0 Å². The Hall–Kier alpha value is -1.58. The van der Waals surface area contributed by atoms with Gasteiger partial charge in [-0.1, -0.05) is 0 Å². The van der Waals surface area contributed by atoms with Crippen molar-refractivity contribution in [2.24, 2.45) is 5.92 Å². The minimum absolute atomic E-state index is 0.0779. The van der Waals surface area contributed by atoms with Crippen molar-refractivity contribution in [2.75, 3.05) is 29.9 Å². The zero-order chi connectivity index (χ0) is 15.5. The van der Waals surface area contributed by atoms with Gasteiger partial charge < -0.3 is 15.7 Å². The first kappa shape index (κ1) is 15.8. The van der Waals surface area contributed by atoms with Gasteiger partial charge in [-0.15, -0.1) is 4.62 Å². The lowest BCUT2D eigenvalue weighted by atomic mass is 10.1. The van der Waals surface area contributed by atoms with Gasteiger partial charge in [-0.2, -0.15) is 4.98 Å². The summed E-state index contributed by atoms with van der Waals surface area (Å²) < 4.78 is 15.7. The van der Waals surface area contributed by atoms with E-state index in [4.69, 9.17) is 5.73 Å². The maximum Gasteiger partial charge on any atom is 0.379 e. The molecule has 0 saturated heterocycles. The lowest BCUT2D eigenvalue weighted by Gasteiger charge is -2.16. The molecule has 2 unspecified atom stereocenters. The molecule has 0 bridgehead atoms. The zero-order valence-electron chi connectivity index (χ0n) is 11.3. The number of aliphatic imine (C=N–C) groups is 1. The van der Waals surface area contributed by atoms with Crippen LogP contribution in [0.15, 0.2) is 6.33 Å². The summed E-state index contributed by atoms with van der Waals surface area (Å²) in [6.45, 7) is 0.248. The first-order chi connectivity index (χ1) is 9.96. The number of hydrogen-bond acceptors (Lipinski definition) is 8. The van der Waals surface area contributed by atoms with Crippen molar-refractivity contribution >= 4 is 31.3 Å². The highest BCUT2D eigenvalue weighted by atomic mass is 31.2. The van der Waals surface area contributed by atoms with E-state index in [2.05, 4.69) is 25.5 Å². The number of anilines is 2. The molecule has 2 atom stereocenters. The number of nitrogen functional groups attached to an aromatic ring is 1. The summed E-state index contributed by atoms with van der Waals surface area (Å²) >= 11 is 0. The maximum absolute atomic E-state index is 11.4. The van der Waals surface area contributed by atoms with Crippen LogP contribution in [-0.4, -0.2) is 45.6 Å². The van der Waals surface area contributed by atoms with Gasteiger partial charge in [0.05, 0.1) is 12.7 Å². The van der Waals surface area contributed by atoms with E-state index in [-0.39, 0.29) is 24.5 Å². The highest BCUT2D eigenvalue weighted by Crippen LogP contribution is 2.40. The average Bonchev–Trinajstić information content (AvgIpc) is 2.88. The molecule has 115 valence electrons. The summed E-state index contributed by atoms with van der Waals surface area (Å²) in [6, 6.07) is 0. The minimum atomic E-state index is -3.68. The van der Waals surface area contributed by atoms with Gasteiger partial charge in [0.2, 0.25) is 0 Å². The number of aliphatic hydroxyl groups is 1. The normalized spacial score (nSPS) is 17.6. The largest absolute Gasteiger partial charge is 0.396 e. The topological polar surface area (TPSA) is 164 Å². The molecule has 0 spiro atoms. The molecule has 11 heteroatoms. The van der Waals surface area contributed by atoms with Crippen molar-refractivity contribution < 1.29 is 25.1 Å². The van der Waals surface area contributed by atoms with Gasteiger partial charge in [-0.05, 0) is 11.4 Å². The number of hydrogen-bond donors (Lipinski definition) is 4. The van der Waals surface area contributed by atoms with Gasteiger partial charge in [0, 0.05) is 12.5 Å². The molecule has 0 amide bonds. The number of aromatic nitrogens is 2. The van der Waals surface area contributed by atoms with E-state index in [9.17, 15) is 14.6 Å². The van der Waals surface area contributed by atoms with Crippen LogP contribution in [0, 0.1) is 5.92 Å². The monoisotopic (exact) mass is 317 g/mol. The quantitative estimate of drug-likeness (QED) is 0.339. The van der Waals surface area contributed by atoms with Crippen LogP contribution < -0.4 is 21.5 Å². The fourth-order valence-corrected chi connectivity index (χ4v) is 2.78. The Kier molecular flexibility index (Phi) is 4.86. The molecule has 2 rings (SSSR count). The molecule has 1 aliphatic heterocycles. The van der Waals surface area contributed by atoms with Crippen molar-refractivity contribution in [2.45, 2.75) is 6.42 Å². The number of aliphatic hydroxyl groups excluding tert-OH is 1. The number of nitrogens with zero attached hydrogens (tertiary/aromatic N) is 4. The van der Waals surface area contributed by atoms with Crippen LogP contribution in [0.4, 0.5) is 17.3 Å². The predicted molar refractivity (Wildman–Crippen MR) is 75.5 cm³/mol. The fourth-order valence-electron chi connectivity index (χ4n) is 1.96. The SMILES string of the molecule is Nc1ncnc2c1[N+]=CN2CC(CO)CCP(=O)(O)O[NH3+]. The second-order valence-electron chi connectivity index (χ2n) is 4.66. The van der Waals surface area contributed by atoms with Crippen LogP contribution in [0.3, 0.4) is 0 Å². The van der Waals surface area contributed by atoms with Crippen molar-refractivity contribution in [3.05, 3.63) is 6.33 Å². The molecular formula is C10H18N6O4P+2. The second kappa shape index (κ2) is 6.46. The summed E-state index contributed by atoms with van der Waals surface area (Å²) in [5, 5.41) is 9.40. The van der Waals surface area contributed by atoms with Crippen LogP contribution in [-0.2, 0) is 9.19 Å². The van der Waals surface area contributed by atoms with Gasteiger partial charge >= 0.3 is 7.60 Å². The van der Waals surface area contributed by atoms with Crippen LogP contribution in [0.2, 0.25) is 0 Å². The van der Waals surface area contributed by atoms with E-state index in [0.717, 1.165) is 0 Å². The Labute approximate surface area is 121 Å². The lowest BCUT2D eigenvalue weighted by Crippen LogP contribution is -2.47. The van der Waals surface area contributed by atoms with E-state index in [1.807, 2.05) is 0 Å². The van der Waals surface area contributed by atoms with E-state index in [1.165, 1.54) is 6.33 Å². The number of nitrogens with two attached hydrogens (primary N) is 1. The number of fused-ring (bicyclic) bond motifs is 1. The van der Waals surface area contributed by atoms with Crippen LogP contribution in [0.25, 0.3) is 0 Å². The molecular weight excluding hydrogens is 299 g/mol. The molecule has 10 nitrogen and oxygen atoms in total. The van der Waals surface area contributed by atoms with Crippen LogP contribution in [0.1, 0.15) is 6.42 Å². The van der Waals surface area contributed by atoms with Crippen LogP contribution in [0.5, 0.6) is 0 Å². The smallest absolute Gasteiger partial charge is 0.379 e. The molecule has 21 heavy (non-hydrogen) atoms. The van der Waals surface area contributed by atoms with E-state index in [0.29, 0.717) is 24.5 Å². The fraction of sp³-hybridized carbons (Fsp3) is 0.500. The third-order valence-electron chi connectivity index (χ3n) is 3.16.